The summed E-state index contributed by atoms with van der Waals surface area (Å²) < 4.78 is 0. The number of hydrogen-bond acceptors (Lipinski definition) is 4. The lowest BCUT2D eigenvalue weighted by Gasteiger charge is -2.29. The zero-order valence-corrected chi connectivity index (χ0v) is 24.2. The van der Waals surface area contributed by atoms with Crippen molar-refractivity contribution in [2.24, 2.45) is 0 Å². The monoisotopic (exact) mass is 538 g/mol. The fourth-order valence-electron chi connectivity index (χ4n) is 5.48. The molecule has 1 fully saturated rings. The summed E-state index contributed by atoms with van der Waals surface area (Å²) in [7, 11) is 0. The zero-order chi connectivity index (χ0) is 27.3. The Balaban J connectivity index is 1.82. The van der Waals surface area contributed by atoms with Gasteiger partial charge in [-0.1, -0.05) is 75.4 Å². The molecule has 0 bridgehead atoms. The van der Waals surface area contributed by atoms with Crippen LogP contribution in [-0.4, -0.2) is 47.1 Å². The Kier molecular flexibility index (Phi) is 12.7. The molecule has 3 rings (SSSR count). The summed E-state index contributed by atoms with van der Waals surface area (Å²) in [5, 5.41) is 16.4. The van der Waals surface area contributed by atoms with E-state index in [4.69, 9.17) is 0 Å². The zero-order valence-electron chi connectivity index (χ0n) is 23.4. The average Bonchev–Trinajstić information content (AvgIpc) is 2.93. The molecule has 2 aromatic carbocycles. The van der Waals surface area contributed by atoms with Gasteiger partial charge in [-0.25, -0.2) is 4.79 Å². The van der Waals surface area contributed by atoms with Crippen molar-refractivity contribution in [3.05, 3.63) is 59.2 Å². The Hall–Kier alpha value is -2.31. The Morgan fingerprint density at radius 3 is 2.47 bits per heavy atom. The third-order valence-corrected chi connectivity index (χ3v) is 8.39. The minimum Gasteiger partial charge on any atom is -0.480 e. The van der Waals surface area contributed by atoms with E-state index in [1.54, 1.807) is 11.8 Å². The van der Waals surface area contributed by atoms with Gasteiger partial charge in [-0.3, -0.25) is 4.79 Å². The van der Waals surface area contributed by atoms with Crippen molar-refractivity contribution in [1.29, 1.82) is 0 Å². The second-order valence-corrected chi connectivity index (χ2v) is 11.7. The number of carbonyl (C=O) groups excluding carboxylic acids is 1. The lowest BCUT2D eigenvalue weighted by Crippen LogP contribution is -2.41. The molecule has 1 aliphatic carbocycles. The Labute approximate surface area is 233 Å². The van der Waals surface area contributed by atoms with E-state index in [2.05, 4.69) is 36.6 Å². The number of carboxylic acids is 1. The largest absolute Gasteiger partial charge is 0.480 e. The molecule has 2 aromatic rings. The third-order valence-electron chi connectivity index (χ3n) is 7.74. The van der Waals surface area contributed by atoms with Gasteiger partial charge in [0, 0.05) is 17.6 Å². The summed E-state index contributed by atoms with van der Waals surface area (Å²) in [4.78, 5) is 25.1. The average molecular weight is 539 g/mol. The molecule has 5 nitrogen and oxygen atoms in total. The number of aliphatic carboxylic acids is 1. The van der Waals surface area contributed by atoms with Crippen LogP contribution in [0, 0.1) is 6.92 Å². The molecule has 3 N–H and O–H groups in total. The van der Waals surface area contributed by atoms with Crippen molar-refractivity contribution < 1.29 is 14.7 Å². The standard InChI is InChI=1S/C32H46N2O3S/c1-4-5-12-26(33-25-13-7-6-8-14-25)18-16-24-17-19-28(29(22-24)27-15-10-9-11-23(27)2)31(35)34-30(32(36)37)20-21-38-3/h9-11,15,17,19,22,25-26,30,33H,4-8,12-14,16,18,20-21H2,1-3H3,(H,34,35)(H,36,37). The van der Waals surface area contributed by atoms with Crippen LogP contribution in [0.5, 0.6) is 0 Å². The van der Waals surface area contributed by atoms with Gasteiger partial charge < -0.3 is 15.7 Å². The smallest absolute Gasteiger partial charge is 0.326 e. The highest BCUT2D eigenvalue weighted by molar-refractivity contribution is 7.98. The van der Waals surface area contributed by atoms with Gasteiger partial charge in [-0.15, -0.1) is 0 Å². The Bertz CT molecular complexity index is 1040. The number of nitrogens with one attached hydrogen (secondary N) is 2. The quantitative estimate of drug-likeness (QED) is 0.227. The van der Waals surface area contributed by atoms with Gasteiger partial charge in [-0.05, 0) is 85.8 Å². The first-order valence-electron chi connectivity index (χ1n) is 14.4. The maximum absolute atomic E-state index is 13.4. The molecule has 0 aromatic heterocycles. The molecule has 1 amide bonds. The lowest BCUT2D eigenvalue weighted by molar-refractivity contribution is -0.139. The van der Waals surface area contributed by atoms with Crippen molar-refractivity contribution in [2.75, 3.05) is 12.0 Å². The SMILES string of the molecule is CCCCC(CCc1ccc(C(=O)NC(CCSC)C(=O)O)c(-c2ccccc2C)c1)NC1CCCCC1. The normalized spacial score (nSPS) is 15.7. The van der Waals surface area contributed by atoms with Crippen LogP contribution in [0.1, 0.15) is 92.6 Å². The van der Waals surface area contributed by atoms with Crippen LogP contribution in [0.2, 0.25) is 0 Å². The molecule has 0 spiro atoms. The molecule has 2 atom stereocenters. The van der Waals surface area contributed by atoms with Crippen LogP contribution in [0.4, 0.5) is 0 Å². The van der Waals surface area contributed by atoms with Crippen molar-refractivity contribution in [3.63, 3.8) is 0 Å². The predicted octanol–water partition coefficient (Wildman–Crippen LogP) is 7.01. The molecule has 1 aliphatic rings. The highest BCUT2D eigenvalue weighted by Crippen LogP contribution is 2.29. The van der Waals surface area contributed by atoms with Gasteiger partial charge in [0.2, 0.25) is 0 Å². The van der Waals surface area contributed by atoms with Crippen LogP contribution in [0.15, 0.2) is 42.5 Å². The van der Waals surface area contributed by atoms with Crippen molar-refractivity contribution >= 4 is 23.6 Å². The molecule has 6 heteroatoms. The number of rotatable bonds is 15. The minimum atomic E-state index is -0.995. The fraction of sp³-hybridized carbons (Fsp3) is 0.562. The minimum absolute atomic E-state index is 0.330. The summed E-state index contributed by atoms with van der Waals surface area (Å²) in [5.41, 5.74) is 4.72. The van der Waals surface area contributed by atoms with Crippen LogP contribution in [0.25, 0.3) is 11.1 Å². The van der Waals surface area contributed by atoms with E-state index in [-0.39, 0.29) is 5.91 Å². The number of carboxylic acid groups (broad SMARTS) is 1. The number of amides is 1. The van der Waals surface area contributed by atoms with Crippen molar-refractivity contribution in [2.45, 2.75) is 103 Å². The predicted molar refractivity (Wildman–Crippen MR) is 160 cm³/mol. The molecule has 38 heavy (non-hydrogen) atoms. The van der Waals surface area contributed by atoms with Gasteiger partial charge >= 0.3 is 5.97 Å². The van der Waals surface area contributed by atoms with E-state index in [0.29, 0.717) is 29.8 Å². The summed E-state index contributed by atoms with van der Waals surface area (Å²) in [6.45, 7) is 4.31. The first kappa shape index (κ1) is 30.2. The van der Waals surface area contributed by atoms with Gasteiger partial charge in [0.25, 0.3) is 5.91 Å². The summed E-state index contributed by atoms with van der Waals surface area (Å²) in [5.74, 6) is -0.650. The molecule has 1 saturated carbocycles. The molecule has 0 saturated heterocycles. The number of thioether (sulfide) groups is 1. The van der Waals surface area contributed by atoms with Crippen LogP contribution < -0.4 is 10.6 Å². The van der Waals surface area contributed by atoms with Crippen LogP contribution >= 0.6 is 11.8 Å². The Morgan fingerprint density at radius 1 is 1.03 bits per heavy atom. The van der Waals surface area contributed by atoms with Gasteiger partial charge in [0.05, 0.1) is 0 Å². The van der Waals surface area contributed by atoms with E-state index < -0.39 is 12.0 Å². The molecule has 0 radical (unpaired) electrons. The second kappa shape index (κ2) is 15.9. The first-order chi connectivity index (χ1) is 18.4. The van der Waals surface area contributed by atoms with E-state index in [1.807, 2.05) is 36.6 Å². The van der Waals surface area contributed by atoms with Crippen LogP contribution in [0.3, 0.4) is 0 Å². The van der Waals surface area contributed by atoms with Crippen molar-refractivity contribution in [3.8, 4) is 11.1 Å². The molecule has 0 aliphatic heterocycles. The van der Waals surface area contributed by atoms with E-state index in [9.17, 15) is 14.7 Å². The summed E-state index contributed by atoms with van der Waals surface area (Å²) in [6.07, 6.45) is 14.6. The molecule has 0 heterocycles. The van der Waals surface area contributed by atoms with Gasteiger partial charge in [0.1, 0.15) is 6.04 Å². The van der Waals surface area contributed by atoms with E-state index in [0.717, 1.165) is 29.5 Å². The van der Waals surface area contributed by atoms with Crippen LogP contribution in [-0.2, 0) is 11.2 Å². The number of hydrogen-bond donors (Lipinski definition) is 3. The first-order valence-corrected chi connectivity index (χ1v) is 15.8. The van der Waals surface area contributed by atoms with Gasteiger partial charge in [-0.2, -0.15) is 11.8 Å². The highest BCUT2D eigenvalue weighted by Gasteiger charge is 2.23. The Morgan fingerprint density at radius 2 is 1.79 bits per heavy atom. The van der Waals surface area contributed by atoms with E-state index in [1.165, 1.54) is 56.9 Å². The summed E-state index contributed by atoms with van der Waals surface area (Å²) in [6, 6.07) is 14.4. The van der Waals surface area contributed by atoms with Crippen molar-refractivity contribution in [1.82, 2.24) is 10.6 Å². The fourth-order valence-corrected chi connectivity index (χ4v) is 5.95. The third kappa shape index (κ3) is 9.16. The number of unbranched alkanes of at least 4 members (excludes halogenated alkanes) is 1. The maximum Gasteiger partial charge on any atom is 0.326 e. The molecule has 2 unspecified atom stereocenters. The second-order valence-electron chi connectivity index (χ2n) is 10.7. The number of carbonyl (C=O) groups is 2. The number of aryl methyl sites for hydroxylation is 2. The highest BCUT2D eigenvalue weighted by atomic mass is 32.2. The molecular weight excluding hydrogens is 492 g/mol. The number of benzene rings is 2. The summed E-state index contributed by atoms with van der Waals surface area (Å²) >= 11 is 1.58. The maximum atomic E-state index is 13.4. The lowest BCUT2D eigenvalue weighted by atomic mass is 9.91. The molecule has 208 valence electrons. The topological polar surface area (TPSA) is 78.4 Å². The van der Waals surface area contributed by atoms with E-state index >= 15 is 0 Å². The molecular formula is C32H46N2O3S. The van der Waals surface area contributed by atoms with Gasteiger partial charge in [0.15, 0.2) is 0 Å².